The molecule has 0 saturated carbocycles. The molecule has 0 bridgehead atoms. The molecule has 11 nitrogen and oxygen atoms in total. The molecule has 0 aromatic rings. The van der Waals surface area contributed by atoms with Crippen LogP contribution in [0.3, 0.4) is 0 Å². The zero-order valence-electron chi connectivity index (χ0n) is 35.0. The van der Waals surface area contributed by atoms with Gasteiger partial charge >= 0.3 is 19.8 Å². The summed E-state index contributed by atoms with van der Waals surface area (Å²) in [5.74, 6) is -1.10. The number of carbonyl (C=O) groups excluding carboxylic acids is 2. The van der Waals surface area contributed by atoms with Gasteiger partial charge in [0.1, 0.15) is 6.61 Å². The highest BCUT2D eigenvalue weighted by Crippen LogP contribution is 2.43. The fourth-order valence-electron chi connectivity index (χ4n) is 5.19. The monoisotopic (exact) mass is 822 g/mol. The summed E-state index contributed by atoms with van der Waals surface area (Å²) in [4.78, 5) is 34.9. The maximum atomic E-state index is 12.6. The summed E-state index contributed by atoms with van der Waals surface area (Å²) in [6, 6.07) is 0. The average molecular weight is 822 g/mol. The first-order valence-corrected chi connectivity index (χ1v) is 22.8. The summed E-state index contributed by atoms with van der Waals surface area (Å²) in [7, 11) is -4.45. The fourth-order valence-corrected chi connectivity index (χ4v) is 5.95. The van der Waals surface area contributed by atoms with Gasteiger partial charge in [-0.3, -0.25) is 18.6 Å². The minimum atomic E-state index is -4.45. The zero-order chi connectivity index (χ0) is 42.1. The normalized spacial score (nSPS) is 15.3. The Morgan fingerprint density at radius 1 is 0.632 bits per heavy atom. The van der Waals surface area contributed by atoms with Crippen molar-refractivity contribution in [2.24, 2.45) is 5.73 Å². The van der Waals surface area contributed by atoms with Gasteiger partial charge in [0.25, 0.3) is 0 Å². The topological polar surface area (TPSA) is 175 Å². The van der Waals surface area contributed by atoms with E-state index >= 15 is 0 Å². The summed E-state index contributed by atoms with van der Waals surface area (Å²) in [5, 5.41) is 20.2. The van der Waals surface area contributed by atoms with Crippen LogP contribution < -0.4 is 5.73 Å². The van der Waals surface area contributed by atoms with Gasteiger partial charge in [-0.15, -0.1) is 0 Å². The van der Waals surface area contributed by atoms with Crippen LogP contribution in [-0.2, 0) is 32.7 Å². The van der Waals surface area contributed by atoms with Gasteiger partial charge in [0.15, 0.2) is 6.10 Å². The van der Waals surface area contributed by atoms with Crippen LogP contribution in [0.5, 0.6) is 0 Å². The predicted octanol–water partition coefficient (Wildman–Crippen LogP) is 9.99. The first-order valence-electron chi connectivity index (χ1n) is 21.3. The molecule has 326 valence electrons. The van der Waals surface area contributed by atoms with Gasteiger partial charge in [-0.2, -0.15) is 0 Å². The van der Waals surface area contributed by atoms with Gasteiger partial charge < -0.3 is 30.3 Å². The Morgan fingerprint density at radius 2 is 1.18 bits per heavy atom. The molecule has 4 atom stereocenters. The van der Waals surface area contributed by atoms with Crippen LogP contribution in [0.15, 0.2) is 85.1 Å². The molecule has 0 aliphatic carbocycles. The molecule has 57 heavy (non-hydrogen) atoms. The average Bonchev–Trinajstić information content (AvgIpc) is 3.19. The number of carbonyl (C=O) groups is 2. The number of phosphoric acid groups is 1. The number of ether oxygens (including phenoxy) is 2. The van der Waals surface area contributed by atoms with Crippen molar-refractivity contribution in [3.63, 3.8) is 0 Å². The Balaban J connectivity index is 4.49. The molecule has 0 spiro atoms. The van der Waals surface area contributed by atoms with E-state index in [1.165, 1.54) is 38.5 Å². The minimum absolute atomic E-state index is 0.00997. The van der Waals surface area contributed by atoms with E-state index in [4.69, 9.17) is 24.3 Å². The van der Waals surface area contributed by atoms with Gasteiger partial charge in [0, 0.05) is 19.4 Å². The van der Waals surface area contributed by atoms with Crippen LogP contribution in [-0.4, -0.2) is 71.7 Å². The molecule has 1 unspecified atom stereocenters. The third kappa shape index (κ3) is 39.7. The van der Waals surface area contributed by atoms with E-state index in [1.54, 1.807) is 36.5 Å². The van der Waals surface area contributed by atoms with Crippen LogP contribution in [0, 0.1) is 0 Å². The van der Waals surface area contributed by atoms with E-state index in [0.717, 1.165) is 51.4 Å². The van der Waals surface area contributed by atoms with Gasteiger partial charge in [0.05, 0.1) is 25.4 Å². The Labute approximate surface area is 344 Å². The van der Waals surface area contributed by atoms with Crippen molar-refractivity contribution in [1.29, 1.82) is 0 Å². The van der Waals surface area contributed by atoms with E-state index in [1.807, 2.05) is 6.08 Å². The molecule has 0 aliphatic heterocycles. The Morgan fingerprint density at radius 3 is 1.79 bits per heavy atom. The standard InChI is InChI=1S/C45H76NO10P/c1-3-5-7-9-11-12-13-14-15-16-17-18-19-20-21-23-29-35-45(50)56-43(40-55-57(51,52)54-38-37-46)39-53-44(49)36-30-34-42(48)33-28-25-24-27-32-41(47)31-26-22-10-8-6-4-2/h11-12,14-15,17-18,22,24-28,32-33,41-43,47-48H,3-10,13,16,19-21,23,29-31,34-40,46H2,1-2H3,(H,51,52)/b12-11-,15-14-,18-17-,25-24+,26-22-,32-27+,33-28-/t41-,42-,43-/m1/s1. The van der Waals surface area contributed by atoms with Crippen LogP contribution in [0.4, 0.5) is 0 Å². The predicted molar refractivity (Wildman–Crippen MR) is 231 cm³/mol. The second-order valence-electron chi connectivity index (χ2n) is 13.9. The summed E-state index contributed by atoms with van der Waals surface area (Å²) in [5.41, 5.74) is 5.33. The van der Waals surface area contributed by atoms with Gasteiger partial charge in [-0.25, -0.2) is 4.57 Å². The molecule has 5 N–H and O–H groups in total. The molecule has 0 aromatic heterocycles. The third-order valence-corrected chi connectivity index (χ3v) is 9.43. The number of hydrogen-bond acceptors (Lipinski definition) is 10. The molecule has 0 saturated heterocycles. The lowest BCUT2D eigenvalue weighted by Gasteiger charge is -2.20. The summed E-state index contributed by atoms with van der Waals surface area (Å²) in [6.45, 7) is 3.31. The Bertz CT molecular complexity index is 1240. The number of hydrogen-bond donors (Lipinski definition) is 4. The quantitative estimate of drug-likeness (QED) is 0.0153. The van der Waals surface area contributed by atoms with E-state index in [0.29, 0.717) is 25.7 Å². The van der Waals surface area contributed by atoms with Crippen LogP contribution in [0.2, 0.25) is 0 Å². The van der Waals surface area contributed by atoms with Gasteiger partial charge in [-0.1, -0.05) is 137 Å². The Kier molecular flexibility index (Phi) is 37.9. The molecule has 0 fully saturated rings. The van der Waals surface area contributed by atoms with Crippen molar-refractivity contribution in [3.8, 4) is 0 Å². The van der Waals surface area contributed by atoms with Crippen LogP contribution >= 0.6 is 7.82 Å². The van der Waals surface area contributed by atoms with Crippen molar-refractivity contribution in [3.05, 3.63) is 85.1 Å². The number of unbranched alkanes of at least 4 members (excludes halogenated alkanes) is 10. The number of rotatable bonds is 38. The number of aliphatic hydroxyl groups is 2. The smallest absolute Gasteiger partial charge is 0.462 e. The second kappa shape index (κ2) is 39.9. The molecule has 0 aromatic carbocycles. The molecule has 0 rings (SSSR count). The zero-order valence-corrected chi connectivity index (χ0v) is 35.9. The van der Waals surface area contributed by atoms with Crippen molar-refractivity contribution >= 4 is 19.8 Å². The maximum Gasteiger partial charge on any atom is 0.472 e. The number of allylic oxidation sites excluding steroid dienone is 11. The molecule has 12 heteroatoms. The molecule has 0 amide bonds. The number of aliphatic hydroxyl groups excluding tert-OH is 2. The van der Waals surface area contributed by atoms with Crippen molar-refractivity contribution in [1.82, 2.24) is 0 Å². The van der Waals surface area contributed by atoms with Gasteiger partial charge in [-0.05, 0) is 77.0 Å². The Hall–Kier alpha value is -2.89. The minimum Gasteiger partial charge on any atom is -0.462 e. The number of nitrogens with two attached hydrogens (primary N) is 1. The lowest BCUT2D eigenvalue weighted by atomic mass is 10.1. The third-order valence-electron chi connectivity index (χ3n) is 8.44. The molecular formula is C45H76NO10P. The summed E-state index contributed by atoms with van der Waals surface area (Å²) < 4.78 is 32.5. The highest BCUT2D eigenvalue weighted by atomic mass is 31.2. The maximum absolute atomic E-state index is 12.6. The number of esters is 2. The lowest BCUT2D eigenvalue weighted by Crippen LogP contribution is -2.29. The lowest BCUT2D eigenvalue weighted by molar-refractivity contribution is -0.161. The summed E-state index contributed by atoms with van der Waals surface area (Å²) in [6.07, 6.45) is 42.4. The largest absolute Gasteiger partial charge is 0.472 e. The SMILES string of the molecule is CCCCC/C=C\C/C=C\C/C=C\CCCCCCC(=O)O[C@H](COC(=O)CCC[C@H](O)\C=C/C=C/C=C/[C@H](O)C/C=C\CCCCC)COP(=O)(O)OCCN. The number of phosphoric ester groups is 1. The van der Waals surface area contributed by atoms with Crippen molar-refractivity contribution in [2.75, 3.05) is 26.4 Å². The second-order valence-corrected chi connectivity index (χ2v) is 15.4. The van der Waals surface area contributed by atoms with E-state index in [2.05, 4.69) is 56.4 Å². The molecule has 0 heterocycles. The highest BCUT2D eigenvalue weighted by Gasteiger charge is 2.26. The van der Waals surface area contributed by atoms with E-state index < -0.39 is 44.7 Å². The first-order chi connectivity index (χ1) is 27.6. The van der Waals surface area contributed by atoms with E-state index in [9.17, 15) is 29.3 Å². The molecule has 0 radical (unpaired) electrons. The van der Waals surface area contributed by atoms with Crippen molar-refractivity contribution in [2.45, 2.75) is 161 Å². The fraction of sp³-hybridized carbons (Fsp3) is 0.644. The molecule has 0 aliphatic rings. The molecular weight excluding hydrogens is 745 g/mol. The van der Waals surface area contributed by atoms with E-state index in [-0.39, 0.29) is 32.6 Å². The van der Waals surface area contributed by atoms with Crippen LogP contribution in [0.1, 0.15) is 142 Å². The first kappa shape index (κ1) is 54.1. The van der Waals surface area contributed by atoms with Crippen molar-refractivity contribution < 1.29 is 47.8 Å². The summed E-state index contributed by atoms with van der Waals surface area (Å²) >= 11 is 0. The van der Waals surface area contributed by atoms with Crippen LogP contribution in [0.25, 0.3) is 0 Å². The highest BCUT2D eigenvalue weighted by molar-refractivity contribution is 7.47. The van der Waals surface area contributed by atoms with Gasteiger partial charge in [0.2, 0.25) is 0 Å².